The van der Waals surface area contributed by atoms with Gasteiger partial charge in [-0.3, -0.25) is 19.3 Å². The average molecular weight is 942 g/mol. The number of carbonyl (C=O) groups excluding carboxylic acids is 4. The van der Waals surface area contributed by atoms with Crippen molar-refractivity contribution in [3.8, 4) is 23.3 Å². The molecule has 3 heterocycles. The standard InChI is InChI=1S/C56H51N3O11/c1-66-32-33-69-55(65)58-45-29-22-37(19-18-36-20-25-42(67-2)26-21-36)34-44(45)56(54(58)64)47(52(62)57-35-46(61)38-12-6-3-7-13-38)49-53(63)70-50(40-16-10-5-11-17-40)48(39-14-8-4-9-15-39)59(49)51(56)41-23-27-43(28-24-41)68-31-30-60/h3-17,20-29,34,46-51,60-61H,30-33,35H2,1-2H3,(H,57,62)/t46-,47+,48+,49+,50-,51-,56+/m0/s1. The third-order valence-corrected chi connectivity index (χ3v) is 13.1. The number of benzene rings is 6. The number of methoxy groups -OCH3 is 2. The second-order valence-corrected chi connectivity index (χ2v) is 17.0. The van der Waals surface area contributed by atoms with Crippen molar-refractivity contribution in [2.45, 2.75) is 35.7 Å². The molecule has 6 aromatic rings. The molecule has 0 saturated carbocycles. The molecule has 0 aliphatic carbocycles. The minimum absolute atomic E-state index is 0.0189. The summed E-state index contributed by atoms with van der Waals surface area (Å²) in [6.07, 6.45) is -3.14. The lowest BCUT2D eigenvalue weighted by molar-refractivity contribution is -0.178. The molecule has 3 N–H and O–H groups in total. The molecule has 2 saturated heterocycles. The molecule has 0 bridgehead atoms. The van der Waals surface area contributed by atoms with E-state index in [1.165, 1.54) is 7.11 Å². The van der Waals surface area contributed by atoms with E-state index in [9.17, 15) is 15.0 Å². The number of amides is 3. The third kappa shape index (κ3) is 8.87. The number of nitrogens with zero attached hydrogens (tertiary/aromatic N) is 2. The van der Waals surface area contributed by atoms with Crippen LogP contribution < -0.4 is 19.7 Å². The molecular formula is C56H51N3O11. The molecule has 14 heteroatoms. The van der Waals surface area contributed by atoms with Gasteiger partial charge in [0.25, 0.3) is 0 Å². The van der Waals surface area contributed by atoms with Crippen molar-refractivity contribution in [2.75, 3.05) is 52.1 Å². The number of imide groups is 1. The molecule has 2 fully saturated rings. The SMILES string of the molecule is COCCOC(=O)N1C(=O)[C@@]2(c3cc(C#Cc4ccc(OC)cc4)ccc31)[C@H](c1ccc(OCCO)cc1)N1[C@H](c3ccccc3)[C@H](c3ccccc3)OC(=O)[C@H]1[C@@H]2C(=O)NC[C@H](O)c1ccccc1. The second-order valence-electron chi connectivity index (χ2n) is 17.0. The van der Waals surface area contributed by atoms with E-state index in [4.69, 9.17) is 23.7 Å². The molecule has 3 amide bonds. The molecule has 70 heavy (non-hydrogen) atoms. The third-order valence-electron chi connectivity index (χ3n) is 13.1. The van der Waals surface area contributed by atoms with E-state index < -0.39 is 65.5 Å². The minimum atomic E-state index is -2.11. The summed E-state index contributed by atoms with van der Waals surface area (Å²) < 4.78 is 28.6. The van der Waals surface area contributed by atoms with Gasteiger partial charge < -0.3 is 39.2 Å². The summed E-state index contributed by atoms with van der Waals surface area (Å²) in [6, 6.07) is 43.1. The van der Waals surface area contributed by atoms with E-state index in [0.717, 1.165) is 10.5 Å². The van der Waals surface area contributed by atoms with Gasteiger partial charge in [0.2, 0.25) is 11.8 Å². The summed E-state index contributed by atoms with van der Waals surface area (Å²) in [5.74, 6) is 3.51. The number of fused-ring (bicyclic) bond motifs is 3. The Morgan fingerprint density at radius 2 is 1.36 bits per heavy atom. The molecule has 6 aromatic carbocycles. The van der Waals surface area contributed by atoms with E-state index in [-0.39, 0.29) is 44.2 Å². The minimum Gasteiger partial charge on any atom is -0.497 e. The predicted octanol–water partition coefficient (Wildman–Crippen LogP) is 6.76. The highest BCUT2D eigenvalue weighted by atomic mass is 16.6. The summed E-state index contributed by atoms with van der Waals surface area (Å²) in [5.41, 5.74) is 1.78. The Balaban J connectivity index is 1.32. The zero-order chi connectivity index (χ0) is 48.8. The van der Waals surface area contributed by atoms with Crippen molar-refractivity contribution >= 4 is 29.6 Å². The van der Waals surface area contributed by atoms with Crippen molar-refractivity contribution in [2.24, 2.45) is 5.92 Å². The number of hydrogen-bond acceptors (Lipinski definition) is 12. The van der Waals surface area contributed by atoms with Gasteiger partial charge >= 0.3 is 12.1 Å². The van der Waals surface area contributed by atoms with Gasteiger partial charge in [-0.15, -0.1) is 0 Å². The smallest absolute Gasteiger partial charge is 0.421 e. The monoisotopic (exact) mass is 941 g/mol. The fraction of sp³-hybridized carbons (Fsp3) is 0.250. The fourth-order valence-corrected chi connectivity index (χ4v) is 10.1. The summed E-state index contributed by atoms with van der Waals surface area (Å²) in [4.78, 5) is 64.9. The van der Waals surface area contributed by atoms with Crippen molar-refractivity contribution in [1.29, 1.82) is 0 Å². The molecule has 1 spiro atoms. The van der Waals surface area contributed by atoms with Gasteiger partial charge in [0.05, 0.1) is 50.1 Å². The number of anilines is 1. The van der Waals surface area contributed by atoms with Gasteiger partial charge in [-0.25, -0.2) is 9.69 Å². The number of esters is 1. The zero-order valence-corrected chi connectivity index (χ0v) is 38.5. The van der Waals surface area contributed by atoms with Crippen molar-refractivity contribution in [3.05, 3.63) is 197 Å². The van der Waals surface area contributed by atoms with Crippen molar-refractivity contribution in [3.63, 3.8) is 0 Å². The van der Waals surface area contributed by atoms with E-state index in [1.54, 1.807) is 86.0 Å². The number of hydrogen-bond donors (Lipinski definition) is 3. The number of rotatable bonds is 14. The molecule has 3 aliphatic rings. The first kappa shape index (κ1) is 47.3. The Kier molecular flexibility index (Phi) is 14.1. The Morgan fingerprint density at radius 3 is 2.01 bits per heavy atom. The molecule has 0 unspecified atom stereocenters. The molecule has 7 atom stereocenters. The maximum Gasteiger partial charge on any atom is 0.421 e. The quantitative estimate of drug-likeness (QED) is 0.0596. The summed E-state index contributed by atoms with van der Waals surface area (Å²) in [5, 5.41) is 24.0. The van der Waals surface area contributed by atoms with E-state index in [0.29, 0.717) is 39.3 Å². The molecule has 14 nitrogen and oxygen atoms in total. The maximum absolute atomic E-state index is 16.4. The molecule has 0 radical (unpaired) electrons. The Morgan fingerprint density at radius 1 is 0.729 bits per heavy atom. The number of carbonyl (C=O) groups is 4. The van der Waals surface area contributed by atoms with Crippen LogP contribution in [0.25, 0.3) is 0 Å². The average Bonchev–Trinajstić information content (AvgIpc) is 3.86. The number of aliphatic hydroxyl groups excluding tert-OH is 2. The van der Waals surface area contributed by atoms with Crippen LogP contribution in [0.4, 0.5) is 10.5 Å². The summed E-state index contributed by atoms with van der Waals surface area (Å²) in [6.45, 7) is -0.653. The van der Waals surface area contributed by atoms with Crippen LogP contribution in [-0.2, 0) is 34.0 Å². The van der Waals surface area contributed by atoms with Crippen LogP contribution in [-0.4, -0.2) is 92.2 Å². The van der Waals surface area contributed by atoms with Crippen molar-refractivity contribution in [1.82, 2.24) is 10.2 Å². The Hall–Kier alpha value is -7.80. The van der Waals surface area contributed by atoms with Gasteiger partial charge in [-0.2, -0.15) is 0 Å². The fourth-order valence-electron chi connectivity index (χ4n) is 10.1. The molecule has 3 aliphatic heterocycles. The Bertz CT molecular complexity index is 2890. The van der Waals surface area contributed by atoms with Crippen LogP contribution in [0.2, 0.25) is 0 Å². The summed E-state index contributed by atoms with van der Waals surface area (Å²) >= 11 is 0. The first-order valence-electron chi connectivity index (χ1n) is 22.9. The van der Waals surface area contributed by atoms with Gasteiger partial charge in [-0.1, -0.05) is 115 Å². The van der Waals surface area contributed by atoms with Gasteiger partial charge in [-0.05, 0) is 82.4 Å². The first-order valence-corrected chi connectivity index (χ1v) is 22.9. The summed E-state index contributed by atoms with van der Waals surface area (Å²) in [7, 11) is 3.03. The number of morpholine rings is 1. The van der Waals surface area contributed by atoms with E-state index in [2.05, 4.69) is 17.2 Å². The van der Waals surface area contributed by atoms with Crippen LogP contribution in [0.3, 0.4) is 0 Å². The van der Waals surface area contributed by atoms with E-state index in [1.807, 2.05) is 83.8 Å². The highest BCUT2D eigenvalue weighted by molar-refractivity contribution is 6.23. The second kappa shape index (κ2) is 20.8. The Labute approximate surface area is 405 Å². The predicted molar refractivity (Wildman–Crippen MR) is 258 cm³/mol. The van der Waals surface area contributed by atoms with Crippen LogP contribution in [0.15, 0.2) is 158 Å². The van der Waals surface area contributed by atoms with Crippen LogP contribution in [0.1, 0.15) is 63.2 Å². The molecular weight excluding hydrogens is 891 g/mol. The highest BCUT2D eigenvalue weighted by Crippen LogP contribution is 2.66. The van der Waals surface area contributed by atoms with Gasteiger partial charge in [0.1, 0.15) is 42.3 Å². The normalized spacial score (nSPS) is 21.7. The lowest BCUT2D eigenvalue weighted by atomic mass is 9.65. The molecule has 356 valence electrons. The largest absolute Gasteiger partial charge is 0.497 e. The maximum atomic E-state index is 16.4. The topological polar surface area (TPSA) is 173 Å². The van der Waals surface area contributed by atoms with Crippen molar-refractivity contribution < 1.29 is 53.1 Å². The molecule has 9 rings (SSSR count). The number of cyclic esters (lactones) is 1. The van der Waals surface area contributed by atoms with Crippen LogP contribution in [0.5, 0.6) is 11.5 Å². The van der Waals surface area contributed by atoms with Gasteiger partial charge in [0.15, 0.2) is 0 Å². The van der Waals surface area contributed by atoms with Crippen LogP contribution >= 0.6 is 0 Å². The lowest BCUT2D eigenvalue weighted by Gasteiger charge is -2.46. The highest BCUT2D eigenvalue weighted by Gasteiger charge is 2.75. The van der Waals surface area contributed by atoms with Gasteiger partial charge in [0, 0.05) is 24.8 Å². The van der Waals surface area contributed by atoms with Crippen LogP contribution in [0, 0.1) is 17.8 Å². The number of nitrogens with one attached hydrogen (secondary N) is 1. The zero-order valence-electron chi connectivity index (χ0n) is 38.5. The molecule has 0 aromatic heterocycles. The lowest BCUT2D eigenvalue weighted by Crippen LogP contribution is -2.56. The first-order chi connectivity index (χ1) is 34.2. The number of aliphatic hydroxyl groups is 2. The van der Waals surface area contributed by atoms with E-state index >= 15 is 14.4 Å². The number of ether oxygens (including phenoxy) is 5.